The number of hydrogen-bond donors (Lipinski definition) is 2. The van der Waals surface area contributed by atoms with Gasteiger partial charge in [0.25, 0.3) is 0 Å². The highest BCUT2D eigenvalue weighted by molar-refractivity contribution is 5.88. The van der Waals surface area contributed by atoms with E-state index in [4.69, 9.17) is 9.63 Å². The highest BCUT2D eigenvalue weighted by Gasteiger charge is 2.06. The van der Waals surface area contributed by atoms with E-state index in [1.807, 2.05) is 0 Å². The van der Waals surface area contributed by atoms with Gasteiger partial charge in [0.15, 0.2) is 6.33 Å². The average molecular weight is 248 g/mol. The van der Waals surface area contributed by atoms with E-state index >= 15 is 0 Å². The minimum Gasteiger partial charge on any atom is -0.478 e. The predicted molar refractivity (Wildman–Crippen MR) is 62.4 cm³/mol. The van der Waals surface area contributed by atoms with E-state index in [9.17, 15) is 4.79 Å². The molecule has 0 bridgehead atoms. The van der Waals surface area contributed by atoms with Gasteiger partial charge >= 0.3 is 5.97 Å². The molecule has 0 saturated heterocycles. The second-order valence-electron chi connectivity index (χ2n) is 3.70. The zero-order valence-electron chi connectivity index (χ0n) is 9.75. The molecular weight excluding hydrogens is 236 g/mol. The van der Waals surface area contributed by atoms with Crippen molar-refractivity contribution in [3.05, 3.63) is 35.6 Å². The molecule has 18 heavy (non-hydrogen) atoms. The molecule has 0 saturated carbocycles. The summed E-state index contributed by atoms with van der Waals surface area (Å²) >= 11 is 0. The normalized spacial score (nSPS) is 10.3. The average Bonchev–Trinajstić information content (AvgIpc) is 2.81. The Balaban J connectivity index is 1.98. The summed E-state index contributed by atoms with van der Waals surface area (Å²) in [5, 5.41) is 15.4. The maximum Gasteiger partial charge on any atom is 0.335 e. The third-order valence-corrected chi connectivity index (χ3v) is 2.25. The van der Waals surface area contributed by atoms with E-state index in [0.717, 1.165) is 0 Å². The molecule has 7 heteroatoms. The summed E-state index contributed by atoms with van der Waals surface area (Å²) in [7, 11) is 0. The van der Waals surface area contributed by atoms with Gasteiger partial charge in [-0.1, -0.05) is 5.16 Å². The Morgan fingerprint density at radius 1 is 1.50 bits per heavy atom. The predicted octanol–water partition coefficient (Wildman–Crippen LogP) is 1.13. The number of nitrogens with one attached hydrogen (secondary N) is 1. The second kappa shape index (κ2) is 5.26. The second-order valence-corrected chi connectivity index (χ2v) is 3.70. The quantitative estimate of drug-likeness (QED) is 0.817. The zero-order chi connectivity index (χ0) is 13.0. The van der Waals surface area contributed by atoms with Crippen LogP contribution >= 0.6 is 0 Å². The third kappa shape index (κ3) is 3.03. The van der Waals surface area contributed by atoms with Crippen LogP contribution in [0, 0.1) is 6.92 Å². The standard InChI is InChI=1S/C11H12N4O3/c1-7-4-8(11(16)17)5-9(15-7)12-3-2-10-13-6-14-18-10/h4-6H,2-3H2,1H3,(H,12,15)(H,16,17). The minimum absolute atomic E-state index is 0.211. The van der Waals surface area contributed by atoms with Gasteiger partial charge in [0, 0.05) is 18.7 Å². The molecule has 7 nitrogen and oxygen atoms in total. The van der Waals surface area contributed by atoms with Crippen LogP contribution in [-0.2, 0) is 6.42 Å². The van der Waals surface area contributed by atoms with Crippen LogP contribution < -0.4 is 5.32 Å². The molecule has 0 unspecified atom stereocenters. The van der Waals surface area contributed by atoms with Gasteiger partial charge in [-0.05, 0) is 19.1 Å². The van der Waals surface area contributed by atoms with E-state index in [2.05, 4.69) is 20.4 Å². The van der Waals surface area contributed by atoms with E-state index in [1.165, 1.54) is 18.5 Å². The van der Waals surface area contributed by atoms with Gasteiger partial charge in [-0.2, -0.15) is 4.98 Å². The molecular formula is C11H12N4O3. The van der Waals surface area contributed by atoms with Crippen molar-refractivity contribution < 1.29 is 14.4 Å². The Morgan fingerprint density at radius 2 is 2.33 bits per heavy atom. The van der Waals surface area contributed by atoms with Gasteiger partial charge in [0.2, 0.25) is 5.89 Å². The van der Waals surface area contributed by atoms with Crippen LogP contribution in [0.25, 0.3) is 0 Å². The smallest absolute Gasteiger partial charge is 0.335 e. The fourth-order valence-electron chi connectivity index (χ4n) is 1.49. The maximum atomic E-state index is 10.9. The summed E-state index contributed by atoms with van der Waals surface area (Å²) in [6.07, 6.45) is 1.89. The van der Waals surface area contributed by atoms with Crippen LogP contribution in [0.1, 0.15) is 21.9 Å². The molecule has 0 aliphatic heterocycles. The number of carboxylic acid groups (broad SMARTS) is 1. The number of rotatable bonds is 5. The van der Waals surface area contributed by atoms with Crippen LogP contribution in [0.5, 0.6) is 0 Å². The van der Waals surface area contributed by atoms with E-state index in [1.54, 1.807) is 6.92 Å². The number of carboxylic acids is 1. The van der Waals surface area contributed by atoms with Crippen molar-refractivity contribution in [2.24, 2.45) is 0 Å². The number of aryl methyl sites for hydroxylation is 1. The van der Waals surface area contributed by atoms with Gasteiger partial charge in [-0.25, -0.2) is 9.78 Å². The van der Waals surface area contributed by atoms with Crippen molar-refractivity contribution in [3.63, 3.8) is 0 Å². The number of anilines is 1. The van der Waals surface area contributed by atoms with Crippen molar-refractivity contribution >= 4 is 11.8 Å². The van der Waals surface area contributed by atoms with Crippen molar-refractivity contribution in [2.45, 2.75) is 13.3 Å². The first-order valence-corrected chi connectivity index (χ1v) is 5.36. The molecule has 0 spiro atoms. The third-order valence-electron chi connectivity index (χ3n) is 2.25. The highest BCUT2D eigenvalue weighted by atomic mass is 16.5. The molecule has 0 aliphatic carbocycles. The summed E-state index contributed by atoms with van der Waals surface area (Å²) < 4.78 is 4.84. The topological polar surface area (TPSA) is 101 Å². The van der Waals surface area contributed by atoms with Crippen molar-refractivity contribution in [2.75, 3.05) is 11.9 Å². The monoisotopic (exact) mass is 248 g/mol. The Labute approximate surface area is 103 Å². The molecule has 2 aromatic rings. The van der Waals surface area contributed by atoms with Gasteiger partial charge in [0.05, 0.1) is 5.56 Å². The fourth-order valence-corrected chi connectivity index (χ4v) is 1.49. The Bertz CT molecular complexity index is 539. The van der Waals surface area contributed by atoms with E-state index in [0.29, 0.717) is 30.4 Å². The maximum absolute atomic E-state index is 10.9. The van der Waals surface area contributed by atoms with Crippen LogP contribution in [0.4, 0.5) is 5.82 Å². The number of aromatic carboxylic acids is 1. The molecule has 2 aromatic heterocycles. The number of aromatic nitrogens is 3. The van der Waals surface area contributed by atoms with Gasteiger partial charge in [0.1, 0.15) is 5.82 Å². The summed E-state index contributed by atoms with van der Waals surface area (Å²) in [6, 6.07) is 3.01. The molecule has 2 rings (SSSR count). The molecule has 0 aromatic carbocycles. The Hall–Kier alpha value is -2.44. The molecule has 0 aliphatic rings. The molecule has 0 atom stereocenters. The summed E-state index contributed by atoms with van der Waals surface area (Å²) in [5.74, 6) is 0.0703. The van der Waals surface area contributed by atoms with Crippen molar-refractivity contribution in [1.29, 1.82) is 0 Å². The van der Waals surface area contributed by atoms with Gasteiger partial charge < -0.3 is 14.9 Å². The lowest BCUT2D eigenvalue weighted by molar-refractivity contribution is 0.0696. The number of hydrogen-bond acceptors (Lipinski definition) is 6. The van der Waals surface area contributed by atoms with Crippen molar-refractivity contribution in [1.82, 2.24) is 15.1 Å². The van der Waals surface area contributed by atoms with Crippen LogP contribution in [0.2, 0.25) is 0 Å². The Morgan fingerprint density at radius 3 is 3.00 bits per heavy atom. The summed E-state index contributed by atoms with van der Waals surface area (Å²) in [6.45, 7) is 2.29. The van der Waals surface area contributed by atoms with E-state index in [-0.39, 0.29) is 5.56 Å². The number of carbonyl (C=O) groups is 1. The summed E-state index contributed by atoms with van der Waals surface area (Å²) in [4.78, 5) is 18.9. The van der Waals surface area contributed by atoms with E-state index < -0.39 is 5.97 Å². The first-order chi connectivity index (χ1) is 8.65. The minimum atomic E-state index is -0.972. The molecule has 2 N–H and O–H groups in total. The van der Waals surface area contributed by atoms with Gasteiger partial charge in [-0.15, -0.1) is 0 Å². The number of nitrogens with zero attached hydrogens (tertiary/aromatic N) is 3. The fraction of sp³-hybridized carbons (Fsp3) is 0.273. The largest absolute Gasteiger partial charge is 0.478 e. The van der Waals surface area contributed by atoms with Crippen molar-refractivity contribution in [3.8, 4) is 0 Å². The zero-order valence-corrected chi connectivity index (χ0v) is 9.75. The SMILES string of the molecule is Cc1cc(C(=O)O)cc(NCCc2ncno2)n1. The number of pyridine rings is 1. The molecule has 0 radical (unpaired) electrons. The first kappa shape index (κ1) is 12.0. The Kier molecular flexibility index (Phi) is 3.52. The lowest BCUT2D eigenvalue weighted by atomic mass is 10.2. The molecule has 2 heterocycles. The summed E-state index contributed by atoms with van der Waals surface area (Å²) in [5.41, 5.74) is 0.859. The molecule has 0 amide bonds. The molecule has 94 valence electrons. The lowest BCUT2D eigenvalue weighted by Gasteiger charge is -2.06. The van der Waals surface area contributed by atoms with Gasteiger partial charge in [-0.3, -0.25) is 0 Å². The first-order valence-electron chi connectivity index (χ1n) is 5.36. The van der Waals surface area contributed by atoms with Crippen LogP contribution in [-0.4, -0.2) is 32.7 Å². The van der Waals surface area contributed by atoms with Crippen LogP contribution in [0.15, 0.2) is 23.0 Å². The van der Waals surface area contributed by atoms with Crippen LogP contribution in [0.3, 0.4) is 0 Å². The highest BCUT2D eigenvalue weighted by Crippen LogP contribution is 2.10. The molecule has 0 fully saturated rings. The lowest BCUT2D eigenvalue weighted by Crippen LogP contribution is -2.08.